The zero-order valence-corrected chi connectivity index (χ0v) is 17.6. The van der Waals surface area contributed by atoms with Crippen LogP contribution in [0, 0.1) is 5.82 Å². The summed E-state index contributed by atoms with van der Waals surface area (Å²) < 4.78 is 18.5. The second kappa shape index (κ2) is 8.39. The Hall–Kier alpha value is -3.00. The molecule has 0 saturated carbocycles. The first kappa shape index (κ1) is 20.3. The molecule has 0 bridgehead atoms. The minimum Gasteiger partial charge on any atom is -0.484 e. The maximum absolute atomic E-state index is 13.0. The van der Waals surface area contributed by atoms with E-state index in [9.17, 15) is 14.0 Å². The largest absolute Gasteiger partial charge is 0.484 e. The Morgan fingerprint density at radius 3 is 2.77 bits per heavy atom. The van der Waals surface area contributed by atoms with Crippen LogP contribution in [0.2, 0.25) is 0 Å². The van der Waals surface area contributed by atoms with Crippen LogP contribution in [-0.4, -0.2) is 60.4 Å². The van der Waals surface area contributed by atoms with E-state index >= 15 is 0 Å². The summed E-state index contributed by atoms with van der Waals surface area (Å²) in [6, 6.07) is 9.45. The van der Waals surface area contributed by atoms with Crippen molar-refractivity contribution in [2.24, 2.45) is 0 Å². The van der Waals surface area contributed by atoms with E-state index in [1.54, 1.807) is 30.1 Å². The molecule has 1 unspecified atom stereocenters. The molecule has 1 fully saturated rings. The van der Waals surface area contributed by atoms with Gasteiger partial charge in [0, 0.05) is 44.7 Å². The molecule has 0 aliphatic carbocycles. The molecule has 1 aliphatic heterocycles. The van der Waals surface area contributed by atoms with Crippen LogP contribution in [0.1, 0.15) is 27.6 Å². The van der Waals surface area contributed by atoms with E-state index in [1.165, 1.54) is 35.6 Å². The lowest BCUT2D eigenvalue weighted by Crippen LogP contribution is -2.33. The van der Waals surface area contributed by atoms with Crippen LogP contribution < -0.4 is 4.74 Å². The fourth-order valence-electron chi connectivity index (χ4n) is 3.71. The molecule has 6 nitrogen and oxygen atoms in total. The highest BCUT2D eigenvalue weighted by Crippen LogP contribution is 2.39. The molecule has 1 atom stereocenters. The van der Waals surface area contributed by atoms with Gasteiger partial charge >= 0.3 is 0 Å². The summed E-state index contributed by atoms with van der Waals surface area (Å²) in [6.07, 6.45) is 2.50. The summed E-state index contributed by atoms with van der Waals surface area (Å²) in [4.78, 5) is 34.7. The van der Waals surface area contributed by atoms with Crippen LogP contribution >= 0.6 is 11.3 Å². The van der Waals surface area contributed by atoms with Gasteiger partial charge in [-0.15, -0.1) is 11.3 Å². The van der Waals surface area contributed by atoms with Gasteiger partial charge in [0.2, 0.25) is 0 Å². The van der Waals surface area contributed by atoms with Crippen LogP contribution in [0.4, 0.5) is 4.39 Å². The molecule has 0 radical (unpaired) electrons. The van der Waals surface area contributed by atoms with Crippen molar-refractivity contribution < 1.29 is 18.7 Å². The molecule has 3 aromatic rings. The quantitative estimate of drug-likeness (QED) is 0.625. The second-order valence-corrected chi connectivity index (χ2v) is 8.47. The van der Waals surface area contributed by atoms with Crippen LogP contribution in [0.25, 0.3) is 10.2 Å². The second-order valence-electron chi connectivity index (χ2n) is 7.47. The molecule has 2 amide bonds. The SMILES string of the molecule is CN(C)C(=O)c1sc2ncccc2c1C1CCN(C(=O)COc2ccc(F)cc2)C1. The van der Waals surface area contributed by atoms with Gasteiger partial charge in [0.1, 0.15) is 16.4 Å². The van der Waals surface area contributed by atoms with Gasteiger partial charge in [-0.25, -0.2) is 9.37 Å². The number of carbonyl (C=O) groups excluding carboxylic acids is 2. The van der Waals surface area contributed by atoms with E-state index in [1.807, 2.05) is 12.1 Å². The summed E-state index contributed by atoms with van der Waals surface area (Å²) >= 11 is 1.40. The number of pyridine rings is 1. The van der Waals surface area contributed by atoms with Gasteiger partial charge in [0.05, 0.1) is 4.88 Å². The fraction of sp³-hybridized carbons (Fsp3) is 0.318. The van der Waals surface area contributed by atoms with Crippen LogP contribution in [0.3, 0.4) is 0 Å². The number of thiophene rings is 1. The van der Waals surface area contributed by atoms with Gasteiger partial charge in [0.15, 0.2) is 6.61 Å². The van der Waals surface area contributed by atoms with E-state index < -0.39 is 0 Å². The Bertz CT molecular complexity index is 1080. The van der Waals surface area contributed by atoms with Gasteiger partial charge in [-0.2, -0.15) is 0 Å². The van der Waals surface area contributed by atoms with Crippen molar-refractivity contribution in [3.8, 4) is 5.75 Å². The Morgan fingerprint density at radius 1 is 1.27 bits per heavy atom. The highest BCUT2D eigenvalue weighted by molar-refractivity contribution is 7.20. The Kier molecular flexibility index (Phi) is 5.67. The van der Waals surface area contributed by atoms with Crippen molar-refractivity contribution in [3.05, 3.63) is 58.9 Å². The molecular formula is C22H22FN3O3S. The fourth-order valence-corrected chi connectivity index (χ4v) is 4.96. The maximum atomic E-state index is 13.0. The number of carbonyl (C=O) groups is 2. The molecule has 8 heteroatoms. The number of rotatable bonds is 5. The number of amides is 2. The highest BCUT2D eigenvalue weighted by atomic mass is 32.1. The molecule has 1 aromatic carbocycles. The molecule has 2 aromatic heterocycles. The van der Waals surface area contributed by atoms with Crippen molar-refractivity contribution in [2.45, 2.75) is 12.3 Å². The average molecular weight is 428 g/mol. The Labute approximate surface area is 177 Å². The average Bonchev–Trinajstić information content (AvgIpc) is 3.37. The first-order valence-electron chi connectivity index (χ1n) is 9.69. The van der Waals surface area contributed by atoms with E-state index in [0.29, 0.717) is 23.7 Å². The molecular weight excluding hydrogens is 405 g/mol. The predicted molar refractivity (Wildman–Crippen MR) is 113 cm³/mol. The first-order chi connectivity index (χ1) is 14.4. The van der Waals surface area contributed by atoms with E-state index in [2.05, 4.69) is 4.98 Å². The monoisotopic (exact) mass is 427 g/mol. The molecule has 3 heterocycles. The number of hydrogen-bond acceptors (Lipinski definition) is 5. The number of ether oxygens (including phenoxy) is 1. The number of likely N-dealkylation sites (tertiary alicyclic amines) is 1. The number of halogens is 1. The smallest absolute Gasteiger partial charge is 0.263 e. The minimum atomic E-state index is -0.350. The summed E-state index contributed by atoms with van der Waals surface area (Å²) in [5.74, 6) is -0.0000982. The molecule has 30 heavy (non-hydrogen) atoms. The van der Waals surface area contributed by atoms with Crippen LogP contribution in [0.15, 0.2) is 42.6 Å². The number of benzene rings is 1. The van der Waals surface area contributed by atoms with E-state index in [0.717, 1.165) is 22.2 Å². The van der Waals surface area contributed by atoms with E-state index in [-0.39, 0.29) is 30.2 Å². The van der Waals surface area contributed by atoms with Gasteiger partial charge in [0.25, 0.3) is 11.8 Å². The molecule has 1 aliphatic rings. The zero-order chi connectivity index (χ0) is 21.3. The third-order valence-electron chi connectivity index (χ3n) is 5.23. The van der Waals surface area contributed by atoms with Gasteiger partial charge in [-0.1, -0.05) is 6.07 Å². The highest BCUT2D eigenvalue weighted by Gasteiger charge is 2.33. The lowest BCUT2D eigenvalue weighted by molar-refractivity contribution is -0.132. The molecule has 0 spiro atoms. The molecule has 4 rings (SSSR count). The standard InChI is InChI=1S/C22H22FN3O3S/c1-25(2)22(28)20-19(17-4-3-10-24-21(17)30-20)14-9-11-26(12-14)18(27)13-29-16-7-5-15(23)6-8-16/h3-8,10,14H,9,11-13H2,1-2H3. The minimum absolute atomic E-state index is 0.0441. The summed E-state index contributed by atoms with van der Waals surface area (Å²) in [5, 5.41) is 0.981. The lowest BCUT2D eigenvalue weighted by atomic mass is 9.95. The topological polar surface area (TPSA) is 62.7 Å². The summed E-state index contributed by atoms with van der Waals surface area (Å²) in [6.45, 7) is 1.03. The van der Waals surface area contributed by atoms with Crippen LogP contribution in [-0.2, 0) is 4.79 Å². The van der Waals surface area contributed by atoms with Crippen LogP contribution in [0.5, 0.6) is 5.75 Å². The summed E-state index contributed by atoms with van der Waals surface area (Å²) in [7, 11) is 3.47. The lowest BCUT2D eigenvalue weighted by Gasteiger charge is -2.18. The molecule has 156 valence electrons. The van der Waals surface area contributed by atoms with Crippen molar-refractivity contribution in [3.63, 3.8) is 0 Å². The van der Waals surface area contributed by atoms with Gasteiger partial charge in [-0.3, -0.25) is 9.59 Å². The number of aromatic nitrogens is 1. The summed E-state index contributed by atoms with van der Waals surface area (Å²) in [5.41, 5.74) is 0.983. The molecule has 1 saturated heterocycles. The Balaban J connectivity index is 1.50. The third-order valence-corrected chi connectivity index (χ3v) is 6.35. The third kappa shape index (κ3) is 4.00. The van der Waals surface area contributed by atoms with E-state index in [4.69, 9.17) is 4.74 Å². The number of hydrogen-bond donors (Lipinski definition) is 0. The zero-order valence-electron chi connectivity index (χ0n) is 16.8. The normalized spacial score (nSPS) is 16.1. The molecule has 0 N–H and O–H groups in total. The van der Waals surface area contributed by atoms with Gasteiger partial charge in [-0.05, 0) is 42.3 Å². The number of fused-ring (bicyclic) bond motifs is 1. The van der Waals surface area contributed by atoms with Crippen molar-refractivity contribution in [2.75, 3.05) is 33.8 Å². The van der Waals surface area contributed by atoms with Crippen molar-refractivity contribution in [1.29, 1.82) is 0 Å². The maximum Gasteiger partial charge on any atom is 0.263 e. The predicted octanol–water partition coefficient (Wildman–Crippen LogP) is 3.53. The Morgan fingerprint density at radius 2 is 2.03 bits per heavy atom. The van der Waals surface area contributed by atoms with Gasteiger partial charge < -0.3 is 14.5 Å². The number of nitrogens with zero attached hydrogens (tertiary/aromatic N) is 3. The first-order valence-corrected chi connectivity index (χ1v) is 10.5. The van der Waals surface area contributed by atoms with Crippen molar-refractivity contribution >= 4 is 33.4 Å². The van der Waals surface area contributed by atoms with Crippen molar-refractivity contribution in [1.82, 2.24) is 14.8 Å².